The summed E-state index contributed by atoms with van der Waals surface area (Å²) in [4.78, 5) is 17.0. The Bertz CT molecular complexity index is 1280. The topological polar surface area (TPSA) is 108 Å². The number of carbonyl (C=O) groups excluding carboxylic acids is 1. The number of aryl methyl sites for hydroxylation is 1. The summed E-state index contributed by atoms with van der Waals surface area (Å²) in [6, 6.07) is 13.1. The number of H-pyrrole nitrogens is 1. The summed E-state index contributed by atoms with van der Waals surface area (Å²) < 4.78 is 27.2. The van der Waals surface area contributed by atoms with Gasteiger partial charge in [0, 0.05) is 18.9 Å². The summed E-state index contributed by atoms with van der Waals surface area (Å²) in [6.45, 7) is 1.49. The molecule has 0 unspecified atom stereocenters. The molecule has 9 heteroatoms. The molecule has 1 amide bonds. The zero-order valence-electron chi connectivity index (χ0n) is 16.6. The maximum absolute atomic E-state index is 13.1. The second-order valence-electron chi connectivity index (χ2n) is 7.12. The molecule has 0 atom stereocenters. The lowest BCUT2D eigenvalue weighted by atomic mass is 10.1. The number of aliphatic imine (C=N–C) groups is 1. The first-order valence-electron chi connectivity index (χ1n) is 9.37. The zero-order valence-corrected chi connectivity index (χ0v) is 17.4. The fourth-order valence-electron chi connectivity index (χ4n) is 3.33. The van der Waals surface area contributed by atoms with Crippen molar-refractivity contribution in [2.24, 2.45) is 4.99 Å². The summed E-state index contributed by atoms with van der Waals surface area (Å²) in [6.07, 6.45) is 3.98. The Hall–Kier alpha value is -3.30. The highest BCUT2D eigenvalue weighted by molar-refractivity contribution is 7.89. The molecule has 2 N–H and O–H groups in total. The Morgan fingerprint density at radius 3 is 2.77 bits per heavy atom. The molecule has 0 bridgehead atoms. The van der Waals surface area contributed by atoms with Crippen molar-refractivity contribution in [1.82, 2.24) is 19.8 Å². The number of rotatable bonds is 5. The Balaban J connectivity index is 1.46. The Kier molecular flexibility index (Phi) is 5.23. The number of carbonyl (C=O) groups is 1. The third kappa shape index (κ3) is 3.89. The van der Waals surface area contributed by atoms with Gasteiger partial charge in [0.05, 0.1) is 24.0 Å². The number of hydrogen-bond donors (Lipinski definition) is 2. The van der Waals surface area contributed by atoms with Gasteiger partial charge in [-0.05, 0) is 30.2 Å². The second kappa shape index (κ2) is 7.85. The second-order valence-corrected chi connectivity index (χ2v) is 9.14. The van der Waals surface area contributed by atoms with Gasteiger partial charge in [-0.1, -0.05) is 36.4 Å². The highest BCUT2D eigenvalue weighted by atomic mass is 32.2. The molecule has 154 valence electrons. The van der Waals surface area contributed by atoms with Gasteiger partial charge in [0.2, 0.25) is 15.9 Å². The first-order chi connectivity index (χ1) is 14.3. The minimum atomic E-state index is -3.89. The van der Waals surface area contributed by atoms with Crippen LogP contribution in [0.1, 0.15) is 17.5 Å². The van der Waals surface area contributed by atoms with E-state index >= 15 is 0 Å². The molecule has 4 rings (SSSR count). The van der Waals surface area contributed by atoms with Crippen molar-refractivity contribution < 1.29 is 13.2 Å². The van der Waals surface area contributed by atoms with Gasteiger partial charge < -0.3 is 5.32 Å². The van der Waals surface area contributed by atoms with Crippen LogP contribution in [-0.4, -0.2) is 48.3 Å². The van der Waals surface area contributed by atoms with Gasteiger partial charge in [0.1, 0.15) is 10.7 Å². The average Bonchev–Trinajstić information content (AvgIpc) is 3.37. The van der Waals surface area contributed by atoms with Crippen molar-refractivity contribution in [2.45, 2.75) is 18.2 Å². The number of benzene rings is 2. The van der Waals surface area contributed by atoms with Crippen molar-refractivity contribution in [3.05, 3.63) is 65.9 Å². The summed E-state index contributed by atoms with van der Waals surface area (Å²) in [7, 11) is -2.51. The van der Waals surface area contributed by atoms with E-state index in [2.05, 4.69) is 20.5 Å². The van der Waals surface area contributed by atoms with E-state index in [1.54, 1.807) is 12.3 Å². The predicted octanol–water partition coefficient (Wildman–Crippen LogP) is 2.45. The Morgan fingerprint density at radius 2 is 2.00 bits per heavy atom. The number of fused-ring (bicyclic) bond motifs is 1. The van der Waals surface area contributed by atoms with E-state index in [1.165, 1.54) is 7.05 Å². The third-order valence-corrected chi connectivity index (χ3v) is 6.64. The van der Waals surface area contributed by atoms with Crippen LogP contribution in [0.15, 0.2) is 64.6 Å². The van der Waals surface area contributed by atoms with Crippen molar-refractivity contribution >= 4 is 38.4 Å². The Labute approximate surface area is 174 Å². The summed E-state index contributed by atoms with van der Waals surface area (Å²) in [5, 5.41) is 10.1. The van der Waals surface area contributed by atoms with Crippen LogP contribution in [0, 0.1) is 6.92 Å². The molecular formula is C21H21N5O3S. The fourth-order valence-corrected chi connectivity index (χ4v) is 4.71. The number of likely N-dealkylation sites (N-methyl/N-ethyl adjacent to an activating group) is 1. The van der Waals surface area contributed by atoms with Gasteiger partial charge in [-0.25, -0.2) is 13.4 Å². The molecule has 2 aromatic carbocycles. The van der Waals surface area contributed by atoms with Crippen molar-refractivity contribution in [2.75, 3.05) is 13.6 Å². The highest BCUT2D eigenvalue weighted by Crippen LogP contribution is 2.25. The minimum Gasteiger partial charge on any atom is -0.313 e. The van der Waals surface area contributed by atoms with E-state index in [9.17, 15) is 13.2 Å². The van der Waals surface area contributed by atoms with Gasteiger partial charge in [0.15, 0.2) is 0 Å². The molecular weight excluding hydrogens is 402 g/mol. The SMILES string of the molecule is Cc1cc(S(=O)(=O)N(C)CC(=O)NC2=NC(c3ccccc3)=CC2)c2[nH]ncc2c1. The zero-order chi connectivity index (χ0) is 21.3. The van der Waals surface area contributed by atoms with E-state index in [0.717, 1.165) is 21.1 Å². The smallest absolute Gasteiger partial charge is 0.245 e. The van der Waals surface area contributed by atoms with E-state index in [1.807, 2.05) is 49.4 Å². The molecule has 0 spiro atoms. The van der Waals surface area contributed by atoms with Crippen LogP contribution in [0.4, 0.5) is 0 Å². The number of nitrogens with one attached hydrogen (secondary N) is 2. The van der Waals surface area contributed by atoms with Crippen molar-refractivity contribution in [1.29, 1.82) is 0 Å². The molecule has 0 fully saturated rings. The summed E-state index contributed by atoms with van der Waals surface area (Å²) >= 11 is 0. The minimum absolute atomic E-state index is 0.0940. The molecule has 30 heavy (non-hydrogen) atoms. The number of sulfonamides is 1. The normalized spacial score (nSPS) is 14.1. The van der Waals surface area contributed by atoms with Gasteiger partial charge in [-0.2, -0.15) is 9.40 Å². The highest BCUT2D eigenvalue weighted by Gasteiger charge is 2.26. The lowest BCUT2D eigenvalue weighted by Gasteiger charge is -2.17. The van der Waals surface area contributed by atoms with Gasteiger partial charge in [-0.3, -0.25) is 9.89 Å². The molecule has 1 aliphatic rings. The van der Waals surface area contributed by atoms with E-state index < -0.39 is 15.9 Å². The summed E-state index contributed by atoms with van der Waals surface area (Å²) in [5.74, 6) is 0.0483. The van der Waals surface area contributed by atoms with Crippen LogP contribution < -0.4 is 5.32 Å². The van der Waals surface area contributed by atoms with Gasteiger partial charge in [-0.15, -0.1) is 0 Å². The molecule has 0 saturated heterocycles. The number of amidine groups is 1. The molecule has 3 aromatic rings. The third-order valence-electron chi connectivity index (χ3n) is 4.81. The van der Waals surface area contributed by atoms with Crippen LogP contribution in [-0.2, 0) is 14.8 Å². The molecule has 8 nitrogen and oxygen atoms in total. The van der Waals surface area contributed by atoms with E-state index in [-0.39, 0.29) is 11.4 Å². The molecule has 1 aliphatic heterocycles. The predicted molar refractivity (Wildman–Crippen MR) is 115 cm³/mol. The number of hydrogen-bond acceptors (Lipinski definition) is 5. The molecule has 0 radical (unpaired) electrons. The van der Waals surface area contributed by atoms with Gasteiger partial charge >= 0.3 is 0 Å². The molecule has 1 aromatic heterocycles. The van der Waals surface area contributed by atoms with Crippen LogP contribution in [0.2, 0.25) is 0 Å². The van der Waals surface area contributed by atoms with Crippen molar-refractivity contribution in [3.63, 3.8) is 0 Å². The number of amides is 1. The first-order valence-corrected chi connectivity index (χ1v) is 10.8. The van der Waals surface area contributed by atoms with E-state index in [0.29, 0.717) is 23.2 Å². The number of aromatic amines is 1. The number of nitrogens with zero attached hydrogens (tertiary/aromatic N) is 3. The molecule has 0 aliphatic carbocycles. The largest absolute Gasteiger partial charge is 0.313 e. The van der Waals surface area contributed by atoms with Crippen LogP contribution in [0.25, 0.3) is 16.6 Å². The maximum atomic E-state index is 13.1. The Morgan fingerprint density at radius 1 is 1.23 bits per heavy atom. The lowest BCUT2D eigenvalue weighted by Crippen LogP contribution is -2.40. The number of aromatic nitrogens is 2. The summed E-state index contributed by atoms with van der Waals surface area (Å²) in [5.41, 5.74) is 2.96. The quantitative estimate of drug-likeness (QED) is 0.657. The van der Waals surface area contributed by atoms with E-state index in [4.69, 9.17) is 0 Å². The maximum Gasteiger partial charge on any atom is 0.245 e. The lowest BCUT2D eigenvalue weighted by molar-refractivity contribution is -0.119. The monoisotopic (exact) mass is 423 g/mol. The first kappa shape index (κ1) is 20.0. The van der Waals surface area contributed by atoms with Crippen LogP contribution >= 0.6 is 0 Å². The standard InChI is InChI=1S/C21H21N5O3S/c1-14-10-16-12-22-25-21(16)18(11-14)30(28,29)26(2)13-20(27)24-19-9-8-17(23-19)15-6-4-3-5-7-15/h3-8,10-12H,9,13H2,1-2H3,(H,22,25)(H,23,24,27). The molecule has 0 saturated carbocycles. The average molecular weight is 423 g/mol. The van der Waals surface area contributed by atoms with Gasteiger partial charge in [0.25, 0.3) is 0 Å². The van der Waals surface area contributed by atoms with Crippen LogP contribution in [0.5, 0.6) is 0 Å². The van der Waals surface area contributed by atoms with Crippen LogP contribution in [0.3, 0.4) is 0 Å². The van der Waals surface area contributed by atoms with Crippen molar-refractivity contribution in [3.8, 4) is 0 Å². The molecule has 2 heterocycles. The fraction of sp³-hybridized carbons (Fsp3) is 0.190.